The smallest absolute Gasteiger partial charge is 0.272 e. The summed E-state index contributed by atoms with van der Waals surface area (Å²) in [7, 11) is 0. The molecule has 27 heavy (non-hydrogen) atoms. The molecule has 1 aliphatic rings. The largest absolute Gasteiger partial charge is 0.379 e. The molecule has 7 heteroatoms. The Morgan fingerprint density at radius 1 is 1.30 bits per heavy atom. The topological polar surface area (TPSA) is 57.4 Å². The minimum absolute atomic E-state index is 0.162. The van der Waals surface area contributed by atoms with E-state index in [4.69, 9.17) is 16.3 Å². The third kappa shape index (κ3) is 3.89. The zero-order chi connectivity index (χ0) is 19.0. The zero-order valence-electron chi connectivity index (χ0n) is 15.4. The summed E-state index contributed by atoms with van der Waals surface area (Å²) in [5.74, 6) is -0.162. The molecule has 1 fully saturated rings. The molecule has 142 valence electrons. The van der Waals surface area contributed by atoms with E-state index in [1.807, 2.05) is 25.1 Å². The number of aromatic amines is 1. The normalized spacial score (nSPS) is 15.4. The van der Waals surface area contributed by atoms with E-state index in [9.17, 15) is 4.79 Å². The summed E-state index contributed by atoms with van der Waals surface area (Å²) in [6, 6.07) is 7.72. The minimum Gasteiger partial charge on any atom is -0.379 e. The second kappa shape index (κ2) is 7.64. The number of carbonyl (C=O) groups excluding carboxylic acids is 1. The molecule has 0 spiro atoms. The van der Waals surface area contributed by atoms with Crippen molar-refractivity contribution >= 4 is 44.7 Å². The number of halogens is 1. The van der Waals surface area contributed by atoms with E-state index in [2.05, 4.69) is 28.2 Å². The van der Waals surface area contributed by atoms with E-state index in [0.717, 1.165) is 54.2 Å². The van der Waals surface area contributed by atoms with Crippen molar-refractivity contribution in [3.8, 4) is 0 Å². The van der Waals surface area contributed by atoms with E-state index >= 15 is 0 Å². The molecule has 1 aliphatic heterocycles. The van der Waals surface area contributed by atoms with Gasteiger partial charge in [-0.05, 0) is 37.6 Å². The van der Waals surface area contributed by atoms with Crippen molar-refractivity contribution in [3.63, 3.8) is 0 Å². The van der Waals surface area contributed by atoms with Crippen LogP contribution in [0.2, 0.25) is 5.02 Å². The number of rotatable bonds is 4. The Kier molecular flexibility index (Phi) is 5.23. The number of ether oxygens (including phenoxy) is 1. The molecule has 0 aliphatic carbocycles. The lowest BCUT2D eigenvalue weighted by atomic mass is 10.2. The second-order valence-corrected chi connectivity index (χ2v) is 8.57. The van der Waals surface area contributed by atoms with Crippen LogP contribution in [0.4, 0.5) is 5.69 Å². The molecule has 3 heterocycles. The number of morpholine rings is 1. The first-order chi connectivity index (χ1) is 13.0. The molecular weight excluding hydrogens is 382 g/mol. The molecule has 0 bridgehead atoms. The maximum Gasteiger partial charge on any atom is 0.272 e. The highest BCUT2D eigenvalue weighted by molar-refractivity contribution is 7.19. The first-order valence-electron chi connectivity index (χ1n) is 9.00. The number of nitrogens with one attached hydrogen (secondary N) is 2. The minimum atomic E-state index is -0.162. The molecule has 5 nitrogen and oxygen atoms in total. The van der Waals surface area contributed by atoms with Crippen molar-refractivity contribution in [1.82, 2.24) is 9.88 Å². The van der Waals surface area contributed by atoms with Crippen LogP contribution in [0.5, 0.6) is 0 Å². The summed E-state index contributed by atoms with van der Waals surface area (Å²) < 4.78 is 6.60. The van der Waals surface area contributed by atoms with E-state index in [1.165, 1.54) is 4.88 Å². The highest BCUT2D eigenvalue weighted by Gasteiger charge is 2.23. The van der Waals surface area contributed by atoms with Crippen LogP contribution in [0.25, 0.3) is 10.2 Å². The maximum absolute atomic E-state index is 13.0. The number of benzene rings is 1. The Balaban J connectivity index is 1.66. The predicted molar refractivity (Wildman–Crippen MR) is 111 cm³/mol. The van der Waals surface area contributed by atoms with Gasteiger partial charge in [-0.1, -0.05) is 17.7 Å². The quantitative estimate of drug-likeness (QED) is 0.670. The Hall–Kier alpha value is -1.86. The van der Waals surface area contributed by atoms with E-state index in [-0.39, 0.29) is 5.91 Å². The molecule has 2 aromatic heterocycles. The van der Waals surface area contributed by atoms with Gasteiger partial charge >= 0.3 is 0 Å². The number of H-pyrrole nitrogens is 1. The van der Waals surface area contributed by atoms with Crippen LogP contribution >= 0.6 is 22.9 Å². The molecule has 0 radical (unpaired) electrons. The molecule has 0 saturated carbocycles. The third-order valence-electron chi connectivity index (χ3n) is 4.78. The van der Waals surface area contributed by atoms with Gasteiger partial charge < -0.3 is 15.0 Å². The number of aryl methyl sites for hydroxylation is 2. The molecule has 0 unspecified atom stereocenters. The molecular formula is C20H22ClN3O2S. The van der Waals surface area contributed by atoms with Crippen molar-refractivity contribution in [2.24, 2.45) is 0 Å². The lowest BCUT2D eigenvalue weighted by Crippen LogP contribution is -2.36. The van der Waals surface area contributed by atoms with Crippen LogP contribution < -0.4 is 5.32 Å². The summed E-state index contributed by atoms with van der Waals surface area (Å²) in [4.78, 5) is 19.9. The fraction of sp³-hybridized carbons (Fsp3) is 0.350. The predicted octanol–water partition coefficient (Wildman–Crippen LogP) is 4.58. The number of hydrogen-bond donors (Lipinski definition) is 2. The van der Waals surface area contributed by atoms with E-state index < -0.39 is 0 Å². The second-order valence-electron chi connectivity index (χ2n) is 6.90. The zero-order valence-corrected chi connectivity index (χ0v) is 17.0. The molecule has 4 rings (SSSR count). The van der Waals surface area contributed by atoms with Gasteiger partial charge in [-0.3, -0.25) is 9.69 Å². The Morgan fingerprint density at radius 2 is 2.07 bits per heavy atom. The summed E-state index contributed by atoms with van der Waals surface area (Å²) >= 11 is 8.01. The van der Waals surface area contributed by atoms with Gasteiger partial charge in [0.2, 0.25) is 0 Å². The summed E-state index contributed by atoms with van der Waals surface area (Å²) in [6.07, 6.45) is 0. The fourth-order valence-corrected chi connectivity index (χ4v) is 4.68. The fourth-order valence-electron chi connectivity index (χ4n) is 3.39. The van der Waals surface area contributed by atoms with Crippen LogP contribution in [-0.4, -0.2) is 42.1 Å². The summed E-state index contributed by atoms with van der Waals surface area (Å²) in [5.41, 5.74) is 4.35. The number of amides is 1. The lowest BCUT2D eigenvalue weighted by Gasteiger charge is -2.26. The molecule has 1 aromatic carbocycles. The SMILES string of the molecule is Cc1ccc(NC(=O)c2[nH]c3cc(C)sc3c2CN2CCOCC2)c(Cl)c1. The van der Waals surface area contributed by atoms with Gasteiger partial charge in [0.05, 0.1) is 34.1 Å². The van der Waals surface area contributed by atoms with Gasteiger partial charge in [-0.2, -0.15) is 0 Å². The number of hydrogen-bond acceptors (Lipinski definition) is 4. The molecule has 1 amide bonds. The van der Waals surface area contributed by atoms with Crippen molar-refractivity contribution in [2.75, 3.05) is 31.6 Å². The number of anilines is 1. The molecule has 2 N–H and O–H groups in total. The highest BCUT2D eigenvalue weighted by Crippen LogP contribution is 2.32. The third-order valence-corrected chi connectivity index (χ3v) is 6.20. The Bertz CT molecular complexity index is 989. The van der Waals surface area contributed by atoms with Gasteiger partial charge in [0.1, 0.15) is 5.69 Å². The van der Waals surface area contributed by atoms with Gasteiger partial charge in [-0.15, -0.1) is 11.3 Å². The first kappa shape index (κ1) is 18.5. The van der Waals surface area contributed by atoms with Crippen LogP contribution in [0.1, 0.15) is 26.5 Å². The van der Waals surface area contributed by atoms with Crippen LogP contribution in [-0.2, 0) is 11.3 Å². The highest BCUT2D eigenvalue weighted by atomic mass is 35.5. The van der Waals surface area contributed by atoms with Crippen LogP contribution in [0, 0.1) is 13.8 Å². The number of thiophene rings is 1. The van der Waals surface area contributed by atoms with Crippen LogP contribution in [0.3, 0.4) is 0 Å². The summed E-state index contributed by atoms with van der Waals surface area (Å²) in [5, 5.41) is 3.50. The lowest BCUT2D eigenvalue weighted by molar-refractivity contribution is 0.0343. The van der Waals surface area contributed by atoms with Crippen molar-refractivity contribution < 1.29 is 9.53 Å². The number of fused-ring (bicyclic) bond motifs is 1. The van der Waals surface area contributed by atoms with Crippen molar-refractivity contribution in [1.29, 1.82) is 0 Å². The summed E-state index contributed by atoms with van der Waals surface area (Å²) in [6.45, 7) is 8.01. The first-order valence-corrected chi connectivity index (χ1v) is 10.2. The Labute approximate surface area is 167 Å². The van der Waals surface area contributed by atoms with Gasteiger partial charge in [0.15, 0.2) is 0 Å². The van der Waals surface area contributed by atoms with E-state index in [0.29, 0.717) is 16.4 Å². The Morgan fingerprint density at radius 3 is 2.81 bits per heavy atom. The van der Waals surface area contributed by atoms with Crippen molar-refractivity contribution in [2.45, 2.75) is 20.4 Å². The monoisotopic (exact) mass is 403 g/mol. The average Bonchev–Trinajstić information content (AvgIpc) is 3.15. The molecule has 0 atom stereocenters. The van der Waals surface area contributed by atoms with E-state index in [1.54, 1.807) is 11.3 Å². The molecule has 1 saturated heterocycles. The molecule has 3 aromatic rings. The van der Waals surface area contributed by atoms with Gasteiger partial charge in [0.25, 0.3) is 5.91 Å². The van der Waals surface area contributed by atoms with Crippen LogP contribution in [0.15, 0.2) is 24.3 Å². The number of carbonyl (C=O) groups is 1. The number of nitrogens with zero attached hydrogens (tertiary/aromatic N) is 1. The van der Waals surface area contributed by atoms with Crippen molar-refractivity contribution in [3.05, 3.63) is 51.0 Å². The van der Waals surface area contributed by atoms with Gasteiger partial charge in [-0.25, -0.2) is 0 Å². The standard InChI is InChI=1S/C20H22ClN3O2S/c1-12-3-4-16(15(21)9-12)23-20(25)18-14(11-24-5-7-26-8-6-24)19-17(22-18)10-13(2)27-19/h3-4,9-10,22H,5-8,11H2,1-2H3,(H,23,25). The number of aromatic nitrogens is 1. The average molecular weight is 404 g/mol. The van der Waals surface area contributed by atoms with Gasteiger partial charge in [0, 0.05) is 30.1 Å². The maximum atomic E-state index is 13.0.